The molecule has 0 aliphatic rings. The Morgan fingerprint density at radius 2 is 1.74 bits per heavy atom. The number of benzene rings is 2. The van der Waals surface area contributed by atoms with E-state index < -0.39 is 5.97 Å². The van der Waals surface area contributed by atoms with E-state index >= 15 is 0 Å². The molecule has 138 valence electrons. The molecule has 0 aliphatic carbocycles. The second-order valence-electron chi connectivity index (χ2n) is 6.32. The zero-order chi connectivity index (χ0) is 19.4. The topological polar surface area (TPSA) is 56.3 Å². The number of thiazole rings is 1. The van der Waals surface area contributed by atoms with E-state index in [4.69, 9.17) is 4.74 Å². The summed E-state index contributed by atoms with van der Waals surface area (Å²) in [6.45, 7) is 3.81. The quantitative estimate of drug-likeness (QED) is 0.438. The zero-order valence-corrected chi connectivity index (χ0v) is 15.8. The van der Waals surface area contributed by atoms with Crippen LogP contribution in [0.5, 0.6) is 0 Å². The third-order valence-corrected chi connectivity index (χ3v) is 4.93. The van der Waals surface area contributed by atoms with E-state index in [2.05, 4.69) is 18.8 Å². The van der Waals surface area contributed by atoms with Gasteiger partial charge in [0.05, 0.1) is 0 Å². The highest BCUT2D eigenvalue weighted by molar-refractivity contribution is 7.13. The average Bonchev–Trinajstić information content (AvgIpc) is 3.16. The monoisotopic (exact) mass is 383 g/mol. The summed E-state index contributed by atoms with van der Waals surface area (Å²) in [5.41, 5.74) is 2.47. The maximum atomic E-state index is 13.0. The molecule has 0 bridgehead atoms. The molecule has 3 aromatic rings. The van der Waals surface area contributed by atoms with E-state index in [0.717, 1.165) is 5.56 Å². The number of carbonyl (C=O) groups is 2. The minimum absolute atomic E-state index is 0.127. The van der Waals surface area contributed by atoms with Crippen molar-refractivity contribution in [3.05, 3.63) is 76.5 Å². The van der Waals surface area contributed by atoms with Gasteiger partial charge in [0.15, 0.2) is 18.1 Å². The van der Waals surface area contributed by atoms with Crippen LogP contribution in [0, 0.1) is 5.82 Å². The van der Waals surface area contributed by atoms with Crippen LogP contribution >= 0.6 is 11.3 Å². The van der Waals surface area contributed by atoms with Gasteiger partial charge < -0.3 is 4.74 Å². The number of aromatic nitrogens is 1. The molecule has 2 aromatic carbocycles. The van der Waals surface area contributed by atoms with Crippen LogP contribution in [0.15, 0.2) is 53.9 Å². The molecular formula is C21H18FNO3S. The maximum absolute atomic E-state index is 13.0. The number of halogens is 1. The number of ether oxygens (including phenoxy) is 1. The number of hydrogen-bond acceptors (Lipinski definition) is 5. The number of hydrogen-bond donors (Lipinski definition) is 0. The smallest absolute Gasteiger partial charge is 0.358 e. The number of carbonyl (C=O) groups excluding carboxylic acids is 2. The van der Waals surface area contributed by atoms with Gasteiger partial charge in [-0.15, -0.1) is 11.3 Å². The Bertz CT molecular complexity index is 946. The number of esters is 1. The Balaban J connectivity index is 1.60. The molecule has 0 aliphatic heterocycles. The lowest BCUT2D eigenvalue weighted by Crippen LogP contribution is -2.14. The van der Waals surface area contributed by atoms with Gasteiger partial charge >= 0.3 is 5.97 Å². The SMILES string of the molecule is CC(C)c1ccc(C(=O)COC(=O)c2csc(-c3ccc(F)cc3)n2)cc1. The van der Waals surface area contributed by atoms with Crippen LogP contribution < -0.4 is 0 Å². The first-order valence-corrected chi connectivity index (χ1v) is 9.34. The van der Waals surface area contributed by atoms with Crippen LogP contribution in [0.25, 0.3) is 10.6 Å². The van der Waals surface area contributed by atoms with E-state index in [9.17, 15) is 14.0 Å². The summed E-state index contributed by atoms with van der Waals surface area (Å²) in [5, 5.41) is 2.14. The maximum Gasteiger partial charge on any atom is 0.358 e. The van der Waals surface area contributed by atoms with Crippen molar-refractivity contribution in [2.45, 2.75) is 19.8 Å². The Morgan fingerprint density at radius 1 is 1.07 bits per heavy atom. The van der Waals surface area contributed by atoms with Crippen LogP contribution in [0.1, 0.15) is 46.2 Å². The van der Waals surface area contributed by atoms with Crippen LogP contribution in [-0.4, -0.2) is 23.3 Å². The second kappa shape index (κ2) is 8.22. The first-order valence-electron chi connectivity index (χ1n) is 8.46. The van der Waals surface area contributed by atoms with Crippen molar-refractivity contribution in [1.29, 1.82) is 0 Å². The highest BCUT2D eigenvalue weighted by Crippen LogP contribution is 2.24. The summed E-state index contributed by atoms with van der Waals surface area (Å²) in [6, 6.07) is 13.1. The molecule has 0 spiro atoms. The number of ketones is 1. The fourth-order valence-electron chi connectivity index (χ4n) is 2.43. The summed E-state index contributed by atoms with van der Waals surface area (Å²) in [5.74, 6) is -0.888. The van der Waals surface area contributed by atoms with Gasteiger partial charge in [0, 0.05) is 16.5 Å². The van der Waals surface area contributed by atoms with Crippen molar-refractivity contribution in [3.63, 3.8) is 0 Å². The first-order chi connectivity index (χ1) is 12.9. The fraction of sp³-hybridized carbons (Fsp3) is 0.190. The van der Waals surface area contributed by atoms with Gasteiger partial charge in [-0.2, -0.15) is 0 Å². The Kier molecular flexibility index (Phi) is 5.76. The van der Waals surface area contributed by atoms with Crippen molar-refractivity contribution in [2.24, 2.45) is 0 Å². The Labute approximate surface area is 160 Å². The highest BCUT2D eigenvalue weighted by atomic mass is 32.1. The zero-order valence-electron chi connectivity index (χ0n) is 14.9. The molecule has 0 fully saturated rings. The minimum Gasteiger partial charge on any atom is -0.453 e. The van der Waals surface area contributed by atoms with E-state index in [1.54, 1.807) is 29.6 Å². The third-order valence-electron chi connectivity index (χ3n) is 4.04. The number of nitrogens with zero attached hydrogens (tertiary/aromatic N) is 1. The van der Waals surface area contributed by atoms with Crippen molar-refractivity contribution in [3.8, 4) is 10.6 Å². The summed E-state index contributed by atoms with van der Waals surface area (Å²) in [7, 11) is 0. The molecule has 0 saturated heterocycles. The largest absolute Gasteiger partial charge is 0.453 e. The van der Waals surface area contributed by atoms with Gasteiger partial charge in [-0.25, -0.2) is 14.2 Å². The molecule has 0 atom stereocenters. The summed E-state index contributed by atoms with van der Waals surface area (Å²) < 4.78 is 18.1. The van der Waals surface area contributed by atoms with Gasteiger partial charge in [0.2, 0.25) is 0 Å². The van der Waals surface area contributed by atoms with Crippen molar-refractivity contribution < 1.29 is 18.7 Å². The van der Waals surface area contributed by atoms with Crippen LogP contribution in [0.4, 0.5) is 4.39 Å². The third kappa shape index (κ3) is 4.65. The van der Waals surface area contributed by atoms with Crippen molar-refractivity contribution in [2.75, 3.05) is 6.61 Å². The molecule has 6 heteroatoms. The molecule has 0 radical (unpaired) electrons. The van der Waals surface area contributed by atoms with Crippen molar-refractivity contribution >= 4 is 23.1 Å². The normalized spacial score (nSPS) is 10.8. The summed E-state index contributed by atoms with van der Waals surface area (Å²) in [4.78, 5) is 28.5. The van der Waals surface area contributed by atoms with Gasteiger partial charge in [-0.05, 0) is 35.7 Å². The van der Waals surface area contributed by atoms with Gasteiger partial charge in [0.25, 0.3) is 0 Å². The molecule has 1 heterocycles. The molecule has 0 saturated carbocycles. The highest BCUT2D eigenvalue weighted by Gasteiger charge is 2.16. The van der Waals surface area contributed by atoms with E-state index in [-0.39, 0.29) is 23.9 Å². The molecule has 0 unspecified atom stereocenters. The van der Waals surface area contributed by atoms with E-state index in [0.29, 0.717) is 22.1 Å². The lowest BCUT2D eigenvalue weighted by Gasteiger charge is -2.06. The first kappa shape index (κ1) is 18.9. The number of rotatable bonds is 6. The summed E-state index contributed by atoms with van der Waals surface area (Å²) >= 11 is 1.25. The van der Waals surface area contributed by atoms with Gasteiger partial charge in [-0.3, -0.25) is 4.79 Å². The molecule has 1 aromatic heterocycles. The van der Waals surface area contributed by atoms with E-state index in [1.807, 2.05) is 12.1 Å². The fourth-order valence-corrected chi connectivity index (χ4v) is 3.23. The standard InChI is InChI=1S/C21H18FNO3S/c1-13(2)14-3-5-15(6-4-14)19(24)11-26-21(25)18-12-27-20(23-18)16-7-9-17(22)10-8-16/h3-10,12-13H,11H2,1-2H3. The lowest BCUT2D eigenvalue weighted by molar-refractivity contribution is 0.0470. The van der Waals surface area contributed by atoms with Crippen LogP contribution in [0.2, 0.25) is 0 Å². The predicted molar refractivity (Wildman–Crippen MR) is 103 cm³/mol. The average molecular weight is 383 g/mol. The lowest BCUT2D eigenvalue weighted by atomic mass is 10.0. The molecule has 4 nitrogen and oxygen atoms in total. The predicted octanol–water partition coefficient (Wildman–Crippen LogP) is 5.11. The van der Waals surface area contributed by atoms with Crippen LogP contribution in [-0.2, 0) is 4.74 Å². The van der Waals surface area contributed by atoms with Crippen molar-refractivity contribution in [1.82, 2.24) is 4.98 Å². The summed E-state index contributed by atoms with van der Waals surface area (Å²) in [6.07, 6.45) is 0. The second-order valence-corrected chi connectivity index (χ2v) is 7.18. The van der Waals surface area contributed by atoms with Gasteiger partial charge in [-0.1, -0.05) is 38.1 Å². The van der Waals surface area contributed by atoms with Crippen LogP contribution in [0.3, 0.4) is 0 Å². The Hall–Kier alpha value is -2.86. The minimum atomic E-state index is -0.660. The molecular weight excluding hydrogens is 365 g/mol. The molecule has 0 N–H and O–H groups in total. The number of Topliss-reactive ketones (excluding diaryl/α,β-unsaturated/α-hetero) is 1. The molecule has 3 rings (SSSR count). The van der Waals surface area contributed by atoms with E-state index in [1.165, 1.54) is 23.5 Å². The molecule has 0 amide bonds. The molecule has 27 heavy (non-hydrogen) atoms. The van der Waals surface area contributed by atoms with Gasteiger partial charge in [0.1, 0.15) is 10.8 Å². The Morgan fingerprint density at radius 3 is 2.37 bits per heavy atom.